The lowest BCUT2D eigenvalue weighted by Crippen LogP contribution is -2.47. The van der Waals surface area contributed by atoms with Crippen LogP contribution in [0.4, 0.5) is 5.69 Å². The van der Waals surface area contributed by atoms with E-state index < -0.39 is 11.3 Å². The van der Waals surface area contributed by atoms with Gasteiger partial charge in [0, 0.05) is 0 Å². The van der Waals surface area contributed by atoms with Gasteiger partial charge >= 0.3 is 0 Å². The second kappa shape index (κ2) is 9.38. The standard InChI is InChI=1S/C22H25N3O5S/c1-12(2)17-10-18(24-29)13(3)8-19(17)30-11-20(27)23-25-21(28)14(4)31-22(25)15-6-5-7-16(26)9-15/h5-10,12,14,22,26H,11H2,1-4H3,(H,23,27). The number of hydrogen-bond acceptors (Lipinski definition) is 7. The fourth-order valence-electron chi connectivity index (χ4n) is 3.31. The molecule has 3 rings (SSSR count). The van der Waals surface area contributed by atoms with Crippen molar-refractivity contribution in [3.63, 3.8) is 0 Å². The molecule has 0 spiro atoms. The Morgan fingerprint density at radius 1 is 1.32 bits per heavy atom. The number of nitrogens with one attached hydrogen (secondary N) is 1. The van der Waals surface area contributed by atoms with Crippen LogP contribution in [0.25, 0.3) is 0 Å². The molecule has 0 aliphatic carbocycles. The van der Waals surface area contributed by atoms with E-state index in [9.17, 15) is 19.6 Å². The highest BCUT2D eigenvalue weighted by molar-refractivity contribution is 8.01. The molecule has 164 valence electrons. The number of nitrogens with zero attached hydrogens (tertiary/aromatic N) is 2. The number of hydrazine groups is 1. The highest BCUT2D eigenvalue weighted by atomic mass is 32.2. The number of carbonyl (C=O) groups excluding carboxylic acids is 2. The summed E-state index contributed by atoms with van der Waals surface area (Å²) in [5.74, 6) is -0.0729. The van der Waals surface area contributed by atoms with Crippen LogP contribution in [0.1, 0.15) is 48.8 Å². The van der Waals surface area contributed by atoms with Gasteiger partial charge in [0.1, 0.15) is 22.6 Å². The van der Waals surface area contributed by atoms with Crippen LogP contribution in [0.5, 0.6) is 11.5 Å². The van der Waals surface area contributed by atoms with Crippen molar-refractivity contribution in [3.8, 4) is 11.5 Å². The van der Waals surface area contributed by atoms with Gasteiger partial charge in [0.05, 0.1) is 5.25 Å². The van der Waals surface area contributed by atoms with E-state index in [1.807, 2.05) is 13.8 Å². The molecule has 2 amide bonds. The molecule has 8 nitrogen and oxygen atoms in total. The van der Waals surface area contributed by atoms with E-state index in [0.29, 0.717) is 22.6 Å². The van der Waals surface area contributed by atoms with Crippen molar-refractivity contribution in [1.82, 2.24) is 10.4 Å². The number of aromatic hydroxyl groups is 1. The van der Waals surface area contributed by atoms with Crippen molar-refractivity contribution in [2.24, 2.45) is 5.18 Å². The average molecular weight is 444 g/mol. The molecule has 2 aromatic carbocycles. The van der Waals surface area contributed by atoms with E-state index in [-0.39, 0.29) is 29.4 Å². The number of carbonyl (C=O) groups is 2. The molecule has 0 saturated carbocycles. The summed E-state index contributed by atoms with van der Waals surface area (Å²) in [7, 11) is 0. The maximum atomic E-state index is 12.6. The van der Waals surface area contributed by atoms with Crippen molar-refractivity contribution in [2.45, 2.75) is 44.2 Å². The van der Waals surface area contributed by atoms with Gasteiger partial charge in [-0.2, -0.15) is 0 Å². The number of rotatable bonds is 7. The highest BCUT2D eigenvalue weighted by Crippen LogP contribution is 2.42. The van der Waals surface area contributed by atoms with Gasteiger partial charge in [0.15, 0.2) is 6.61 Å². The molecule has 2 unspecified atom stereocenters. The summed E-state index contributed by atoms with van der Waals surface area (Å²) in [6.07, 6.45) is 0. The van der Waals surface area contributed by atoms with Crippen molar-refractivity contribution >= 4 is 29.3 Å². The van der Waals surface area contributed by atoms with Gasteiger partial charge < -0.3 is 9.84 Å². The predicted molar refractivity (Wildman–Crippen MR) is 119 cm³/mol. The molecule has 1 aliphatic heterocycles. The minimum Gasteiger partial charge on any atom is -0.508 e. The summed E-state index contributed by atoms with van der Waals surface area (Å²) in [4.78, 5) is 36.2. The molecule has 2 aromatic rings. The zero-order valence-electron chi connectivity index (χ0n) is 17.8. The quantitative estimate of drug-likeness (QED) is 0.618. The van der Waals surface area contributed by atoms with Crippen LogP contribution in [0.15, 0.2) is 41.6 Å². The van der Waals surface area contributed by atoms with Gasteiger partial charge in [0.2, 0.25) is 0 Å². The summed E-state index contributed by atoms with van der Waals surface area (Å²) < 4.78 is 5.73. The predicted octanol–water partition coefficient (Wildman–Crippen LogP) is 4.29. The van der Waals surface area contributed by atoms with Crippen LogP contribution in [0, 0.1) is 11.8 Å². The van der Waals surface area contributed by atoms with Crippen molar-refractivity contribution < 1.29 is 19.4 Å². The molecule has 1 saturated heterocycles. The first kappa shape index (κ1) is 22.6. The van der Waals surface area contributed by atoms with Crippen molar-refractivity contribution in [1.29, 1.82) is 0 Å². The van der Waals surface area contributed by atoms with Crippen LogP contribution in [0.2, 0.25) is 0 Å². The molecule has 1 aliphatic rings. The number of thioether (sulfide) groups is 1. The van der Waals surface area contributed by atoms with E-state index in [4.69, 9.17) is 4.74 Å². The van der Waals surface area contributed by atoms with Crippen LogP contribution < -0.4 is 10.2 Å². The van der Waals surface area contributed by atoms with E-state index in [1.54, 1.807) is 50.2 Å². The Morgan fingerprint density at radius 3 is 2.71 bits per heavy atom. The lowest BCUT2D eigenvalue weighted by Gasteiger charge is -2.25. The van der Waals surface area contributed by atoms with Crippen molar-refractivity contribution in [2.75, 3.05) is 6.61 Å². The largest absolute Gasteiger partial charge is 0.508 e. The lowest BCUT2D eigenvalue weighted by atomic mass is 9.99. The Morgan fingerprint density at radius 2 is 2.06 bits per heavy atom. The lowest BCUT2D eigenvalue weighted by molar-refractivity contribution is -0.141. The summed E-state index contributed by atoms with van der Waals surface area (Å²) in [5, 5.41) is 13.3. The van der Waals surface area contributed by atoms with Gasteiger partial charge in [-0.3, -0.25) is 15.0 Å². The van der Waals surface area contributed by atoms with Gasteiger partial charge in [-0.05, 0) is 65.9 Å². The molecule has 0 radical (unpaired) electrons. The molecule has 1 heterocycles. The van der Waals surface area contributed by atoms with Gasteiger partial charge in [0.25, 0.3) is 11.8 Å². The topological polar surface area (TPSA) is 108 Å². The van der Waals surface area contributed by atoms with Gasteiger partial charge in [-0.15, -0.1) is 16.7 Å². The summed E-state index contributed by atoms with van der Waals surface area (Å²) in [6.45, 7) is 7.12. The van der Waals surface area contributed by atoms with Crippen molar-refractivity contribution in [3.05, 3.63) is 58.0 Å². The van der Waals surface area contributed by atoms with Crippen LogP contribution >= 0.6 is 11.8 Å². The first-order valence-corrected chi connectivity index (χ1v) is 10.8. The Balaban J connectivity index is 1.73. The van der Waals surface area contributed by atoms with Gasteiger partial charge in [-0.25, -0.2) is 5.01 Å². The second-order valence-electron chi connectivity index (χ2n) is 7.68. The minimum atomic E-state index is -0.488. The molecule has 0 bridgehead atoms. The van der Waals surface area contributed by atoms with Gasteiger partial charge in [-0.1, -0.05) is 26.0 Å². The number of ether oxygens (including phenoxy) is 1. The number of aryl methyl sites for hydroxylation is 1. The third kappa shape index (κ3) is 4.99. The molecular formula is C22H25N3O5S. The average Bonchev–Trinajstić information content (AvgIpc) is 3.00. The van der Waals surface area contributed by atoms with E-state index in [1.165, 1.54) is 16.8 Å². The summed E-state index contributed by atoms with van der Waals surface area (Å²) >= 11 is 1.38. The number of nitroso groups, excluding NO2 is 1. The zero-order valence-corrected chi connectivity index (χ0v) is 18.6. The Kier molecular flexibility index (Phi) is 6.84. The molecule has 2 N–H and O–H groups in total. The first-order valence-electron chi connectivity index (χ1n) is 9.89. The number of amides is 2. The molecule has 31 heavy (non-hydrogen) atoms. The van der Waals surface area contributed by atoms with Crippen LogP contribution in [0.3, 0.4) is 0 Å². The molecular weight excluding hydrogens is 418 g/mol. The summed E-state index contributed by atoms with van der Waals surface area (Å²) in [5.41, 5.74) is 5.10. The minimum absolute atomic E-state index is 0.0618. The zero-order chi connectivity index (χ0) is 22.7. The van der Waals surface area contributed by atoms with E-state index in [2.05, 4.69) is 10.6 Å². The Bertz CT molecular complexity index is 1010. The Labute approximate surface area is 184 Å². The number of phenolic OH excluding ortho intramolecular Hbond substituents is 1. The maximum Gasteiger partial charge on any atom is 0.276 e. The van der Waals surface area contributed by atoms with Crippen LogP contribution in [-0.4, -0.2) is 33.8 Å². The third-order valence-electron chi connectivity index (χ3n) is 4.96. The fourth-order valence-corrected chi connectivity index (χ4v) is 4.51. The molecule has 2 atom stereocenters. The maximum absolute atomic E-state index is 12.6. The normalized spacial score (nSPS) is 18.4. The number of hydrogen-bond donors (Lipinski definition) is 2. The second-order valence-corrected chi connectivity index (χ2v) is 9.11. The molecule has 9 heteroatoms. The number of benzene rings is 2. The SMILES string of the molecule is Cc1cc(OCC(=O)NN2C(=O)C(C)SC2c2cccc(O)c2)c(C(C)C)cc1N=O. The third-order valence-corrected chi connectivity index (χ3v) is 6.31. The fraction of sp³-hybridized carbons (Fsp3) is 0.364. The van der Waals surface area contributed by atoms with Crippen LogP contribution in [-0.2, 0) is 9.59 Å². The monoisotopic (exact) mass is 443 g/mol. The Hall–Kier alpha value is -3.07. The highest BCUT2D eigenvalue weighted by Gasteiger charge is 2.40. The number of phenols is 1. The molecule has 0 aromatic heterocycles. The molecule has 1 fully saturated rings. The summed E-state index contributed by atoms with van der Waals surface area (Å²) in [6, 6.07) is 9.95. The van der Waals surface area contributed by atoms with E-state index in [0.717, 1.165) is 5.56 Å². The van der Waals surface area contributed by atoms with E-state index >= 15 is 0 Å². The smallest absolute Gasteiger partial charge is 0.276 e. The first-order chi connectivity index (χ1) is 14.7.